The van der Waals surface area contributed by atoms with Crippen LogP contribution >= 0.6 is 0 Å². The molecular formula is C36H47N5O4. The number of amides is 1. The number of benzene rings is 2. The van der Waals surface area contributed by atoms with Gasteiger partial charge in [-0.15, -0.1) is 0 Å². The lowest BCUT2D eigenvalue weighted by atomic mass is 9.93. The number of carboxylic acids is 1. The van der Waals surface area contributed by atoms with E-state index in [9.17, 15) is 14.7 Å². The van der Waals surface area contributed by atoms with E-state index in [1.54, 1.807) is 12.1 Å². The summed E-state index contributed by atoms with van der Waals surface area (Å²) in [7, 11) is 0. The lowest BCUT2D eigenvalue weighted by molar-refractivity contribution is -0.128. The molecule has 0 aliphatic carbocycles. The van der Waals surface area contributed by atoms with Crippen molar-refractivity contribution in [1.82, 2.24) is 15.1 Å². The summed E-state index contributed by atoms with van der Waals surface area (Å²) in [6, 6.07) is 16.2. The maximum atomic E-state index is 13.7. The largest absolute Gasteiger partial charge is 0.478 e. The predicted octanol–water partition coefficient (Wildman–Crippen LogP) is 5.15. The van der Waals surface area contributed by atoms with Crippen LogP contribution in [0.4, 0.5) is 0 Å². The molecule has 3 heterocycles. The number of likely N-dealkylation sites (tertiary alicyclic amines) is 2. The van der Waals surface area contributed by atoms with Crippen LogP contribution in [0.2, 0.25) is 0 Å². The van der Waals surface area contributed by atoms with E-state index < -0.39 is 5.97 Å². The summed E-state index contributed by atoms with van der Waals surface area (Å²) in [6.07, 6.45) is 7.04. The van der Waals surface area contributed by atoms with Gasteiger partial charge >= 0.3 is 5.97 Å². The number of hydrogen-bond acceptors (Lipinski definition) is 6. The highest BCUT2D eigenvalue weighted by Gasteiger charge is 2.34. The number of piperidine rings is 1. The van der Waals surface area contributed by atoms with Crippen LogP contribution in [0.3, 0.4) is 0 Å². The second-order valence-corrected chi connectivity index (χ2v) is 12.6. The summed E-state index contributed by atoms with van der Waals surface area (Å²) in [5.74, 6) is -0.806. The average molecular weight is 614 g/mol. The number of ether oxygens (including phenoxy) is 1. The Balaban J connectivity index is 1.14. The number of carboxylic acid groups (broad SMARTS) is 1. The van der Waals surface area contributed by atoms with Gasteiger partial charge in [-0.1, -0.05) is 54.6 Å². The molecule has 0 spiro atoms. The molecule has 3 aliphatic rings. The number of carbonyl (C=O) groups is 2. The molecule has 2 aromatic carbocycles. The van der Waals surface area contributed by atoms with Crippen molar-refractivity contribution < 1.29 is 19.4 Å². The molecule has 0 bridgehead atoms. The number of nitrogens with two attached hydrogens (primary N) is 1. The molecule has 3 aliphatic heterocycles. The van der Waals surface area contributed by atoms with Gasteiger partial charge in [-0.2, -0.15) is 0 Å². The SMILES string of the molecule is C=C(NC[C@H]1CCCC(c2ccc(C)cc2)O1)/C(C)=C(\N=CN)C(=O)N1CCC(N2CCC(c3ccccc3C(=O)O)C2)CC1. The second-order valence-electron chi connectivity index (χ2n) is 12.6. The van der Waals surface area contributed by atoms with Crippen molar-refractivity contribution in [3.8, 4) is 0 Å². The molecule has 240 valence electrons. The first kappa shape index (κ1) is 32.4. The first-order valence-electron chi connectivity index (χ1n) is 16.2. The van der Waals surface area contributed by atoms with Crippen LogP contribution in [0.25, 0.3) is 0 Å². The van der Waals surface area contributed by atoms with Gasteiger partial charge in [-0.3, -0.25) is 9.69 Å². The fourth-order valence-corrected chi connectivity index (χ4v) is 6.98. The molecule has 0 aromatic heterocycles. The lowest BCUT2D eigenvalue weighted by Gasteiger charge is -2.37. The van der Waals surface area contributed by atoms with Gasteiger partial charge < -0.3 is 25.8 Å². The molecular weight excluding hydrogens is 566 g/mol. The van der Waals surface area contributed by atoms with Crippen LogP contribution in [-0.4, -0.2) is 78.0 Å². The molecule has 9 nitrogen and oxygen atoms in total. The zero-order valence-corrected chi connectivity index (χ0v) is 26.6. The zero-order chi connectivity index (χ0) is 31.9. The van der Waals surface area contributed by atoms with Gasteiger partial charge in [-0.05, 0) is 82.0 Å². The molecule has 2 unspecified atom stereocenters. The maximum absolute atomic E-state index is 13.7. The summed E-state index contributed by atoms with van der Waals surface area (Å²) in [6.45, 7) is 11.8. The van der Waals surface area contributed by atoms with Gasteiger partial charge in [-0.25, -0.2) is 9.79 Å². The number of allylic oxidation sites excluding steroid dienone is 1. The molecule has 1 amide bonds. The first-order chi connectivity index (χ1) is 21.7. The van der Waals surface area contributed by atoms with Gasteiger partial charge in [0.1, 0.15) is 5.70 Å². The molecule has 0 saturated carbocycles. The molecule has 3 atom stereocenters. The van der Waals surface area contributed by atoms with Crippen LogP contribution in [0.1, 0.15) is 84.5 Å². The van der Waals surface area contributed by atoms with Gasteiger partial charge in [0.25, 0.3) is 5.91 Å². The average Bonchev–Trinajstić information content (AvgIpc) is 3.56. The van der Waals surface area contributed by atoms with Gasteiger partial charge in [0, 0.05) is 43.5 Å². The van der Waals surface area contributed by atoms with Crippen LogP contribution < -0.4 is 11.1 Å². The summed E-state index contributed by atoms with van der Waals surface area (Å²) in [5, 5.41) is 13.0. The van der Waals surface area contributed by atoms with E-state index >= 15 is 0 Å². The Hall–Kier alpha value is -3.95. The van der Waals surface area contributed by atoms with Crippen molar-refractivity contribution in [2.24, 2.45) is 10.7 Å². The van der Waals surface area contributed by atoms with Crippen molar-refractivity contribution >= 4 is 18.2 Å². The minimum atomic E-state index is -0.873. The Labute approximate surface area is 266 Å². The second kappa shape index (κ2) is 14.9. The van der Waals surface area contributed by atoms with E-state index in [0.29, 0.717) is 48.2 Å². The third-order valence-electron chi connectivity index (χ3n) is 9.67. The maximum Gasteiger partial charge on any atom is 0.335 e. The number of aryl methyl sites for hydroxylation is 1. The standard InChI is InChI=1S/C36H47N5O4/c1-24-11-13-27(14-12-24)33-10-6-7-30(45-33)21-38-26(3)25(2)34(39-23-37)35(42)40-19-16-29(17-20-40)41-18-15-28(22-41)31-8-4-5-9-32(31)36(43)44/h4-5,8-9,11-14,23,28-30,33,38H,3,6-7,10,15-22H2,1-2H3,(H2,37,39)(H,43,44)/b34-25-/t28?,30-,33?/m1/s1. The number of hydrogen-bond donors (Lipinski definition) is 3. The highest BCUT2D eigenvalue weighted by molar-refractivity contribution is 5.95. The normalized spacial score (nSPS) is 23.6. The van der Waals surface area contributed by atoms with Crippen LogP contribution in [0.15, 0.2) is 77.1 Å². The zero-order valence-electron chi connectivity index (χ0n) is 26.6. The summed E-state index contributed by atoms with van der Waals surface area (Å²) in [4.78, 5) is 34.0. The van der Waals surface area contributed by atoms with Crippen molar-refractivity contribution in [2.45, 2.75) is 76.5 Å². The number of nitrogens with one attached hydrogen (secondary N) is 1. The van der Waals surface area contributed by atoms with E-state index in [1.165, 1.54) is 17.5 Å². The number of aliphatic imine (C=N–C) groups is 1. The Kier molecular flexibility index (Phi) is 10.7. The number of aromatic carboxylic acids is 1. The molecule has 3 saturated heterocycles. The van der Waals surface area contributed by atoms with Gasteiger partial charge in [0.15, 0.2) is 0 Å². The highest BCUT2D eigenvalue weighted by Crippen LogP contribution is 2.34. The third kappa shape index (κ3) is 7.83. The van der Waals surface area contributed by atoms with E-state index in [4.69, 9.17) is 10.5 Å². The Morgan fingerprint density at radius 3 is 2.51 bits per heavy atom. The lowest BCUT2D eigenvalue weighted by Crippen LogP contribution is -2.46. The summed E-state index contributed by atoms with van der Waals surface area (Å²) in [5.41, 5.74) is 11.1. The molecule has 9 heteroatoms. The molecule has 2 aromatic rings. The Morgan fingerprint density at radius 1 is 1.07 bits per heavy atom. The van der Waals surface area contributed by atoms with E-state index in [1.807, 2.05) is 24.0 Å². The number of nitrogens with zero attached hydrogens (tertiary/aromatic N) is 3. The molecule has 45 heavy (non-hydrogen) atoms. The number of rotatable bonds is 10. The summed E-state index contributed by atoms with van der Waals surface area (Å²) < 4.78 is 6.42. The predicted molar refractivity (Wildman–Crippen MR) is 177 cm³/mol. The van der Waals surface area contributed by atoms with Gasteiger partial charge in [0.2, 0.25) is 0 Å². The topological polar surface area (TPSA) is 120 Å². The van der Waals surface area contributed by atoms with Crippen molar-refractivity contribution in [3.05, 3.63) is 94.3 Å². The fraction of sp³-hybridized carbons (Fsp3) is 0.472. The van der Waals surface area contributed by atoms with Crippen LogP contribution in [0.5, 0.6) is 0 Å². The molecule has 0 radical (unpaired) electrons. The minimum absolute atomic E-state index is 0.0496. The minimum Gasteiger partial charge on any atom is -0.478 e. The fourth-order valence-electron chi connectivity index (χ4n) is 6.98. The van der Waals surface area contributed by atoms with E-state index in [-0.39, 0.29) is 24.0 Å². The Morgan fingerprint density at radius 2 is 1.80 bits per heavy atom. The van der Waals surface area contributed by atoms with Gasteiger partial charge in [0.05, 0.1) is 24.1 Å². The smallest absolute Gasteiger partial charge is 0.335 e. The van der Waals surface area contributed by atoms with Crippen molar-refractivity contribution in [1.29, 1.82) is 0 Å². The van der Waals surface area contributed by atoms with Crippen molar-refractivity contribution in [3.63, 3.8) is 0 Å². The van der Waals surface area contributed by atoms with E-state index in [0.717, 1.165) is 57.2 Å². The first-order valence-corrected chi connectivity index (χ1v) is 16.2. The quantitative estimate of drug-likeness (QED) is 0.147. The van der Waals surface area contributed by atoms with Crippen LogP contribution in [-0.2, 0) is 9.53 Å². The highest BCUT2D eigenvalue weighted by atomic mass is 16.5. The summed E-state index contributed by atoms with van der Waals surface area (Å²) >= 11 is 0. The van der Waals surface area contributed by atoms with E-state index in [2.05, 4.69) is 53.0 Å². The monoisotopic (exact) mass is 613 g/mol. The molecule has 3 fully saturated rings. The van der Waals surface area contributed by atoms with Crippen LogP contribution in [0, 0.1) is 6.92 Å². The molecule has 5 rings (SSSR count). The number of carbonyl (C=O) groups excluding carboxylic acids is 1. The molecule has 4 N–H and O–H groups in total. The van der Waals surface area contributed by atoms with Crippen molar-refractivity contribution in [2.75, 3.05) is 32.7 Å². The third-order valence-corrected chi connectivity index (χ3v) is 9.67. The Bertz CT molecular complexity index is 1430.